The van der Waals surface area contributed by atoms with Crippen molar-refractivity contribution in [1.82, 2.24) is 24.7 Å². The number of aromatic nitrogens is 5. The molecule has 1 N–H and O–H groups in total. The van der Waals surface area contributed by atoms with E-state index >= 15 is 0 Å². The van der Waals surface area contributed by atoms with Crippen LogP contribution in [0.2, 0.25) is 5.02 Å². The van der Waals surface area contributed by atoms with Crippen molar-refractivity contribution >= 4 is 35.0 Å². The van der Waals surface area contributed by atoms with Crippen molar-refractivity contribution in [3.8, 4) is 11.5 Å². The van der Waals surface area contributed by atoms with E-state index < -0.39 is 0 Å². The van der Waals surface area contributed by atoms with Crippen LogP contribution < -0.4 is 5.32 Å². The molecule has 0 unspecified atom stereocenters. The number of benzene rings is 1. The van der Waals surface area contributed by atoms with Gasteiger partial charge in [0.1, 0.15) is 11.5 Å². The number of aryl methyl sites for hydroxylation is 1. The monoisotopic (exact) mass is 440 g/mol. The van der Waals surface area contributed by atoms with E-state index in [0.29, 0.717) is 33.9 Å². The first-order chi connectivity index (χ1) is 14.6. The summed E-state index contributed by atoms with van der Waals surface area (Å²) < 4.78 is 7.32. The molecule has 0 atom stereocenters. The quantitative estimate of drug-likeness (QED) is 0.432. The van der Waals surface area contributed by atoms with E-state index in [9.17, 15) is 4.79 Å². The lowest BCUT2D eigenvalue weighted by molar-refractivity contribution is -0.113. The van der Waals surface area contributed by atoms with Gasteiger partial charge in [-0.2, -0.15) is 0 Å². The number of carbonyl (C=O) groups is 1. The number of anilines is 1. The Morgan fingerprint density at radius 2 is 2.17 bits per heavy atom. The Labute approximate surface area is 181 Å². The zero-order chi connectivity index (χ0) is 20.9. The molecule has 0 saturated heterocycles. The van der Waals surface area contributed by atoms with Gasteiger partial charge in [-0.3, -0.25) is 14.3 Å². The minimum absolute atomic E-state index is 0.155. The zero-order valence-corrected chi connectivity index (χ0v) is 17.5. The van der Waals surface area contributed by atoms with E-state index in [1.165, 1.54) is 11.8 Å². The van der Waals surface area contributed by atoms with Gasteiger partial charge < -0.3 is 9.73 Å². The van der Waals surface area contributed by atoms with Gasteiger partial charge in [0.25, 0.3) is 0 Å². The molecular weight excluding hydrogens is 424 g/mol. The van der Waals surface area contributed by atoms with Gasteiger partial charge in [-0.15, -0.1) is 10.2 Å². The average molecular weight is 441 g/mol. The summed E-state index contributed by atoms with van der Waals surface area (Å²) in [4.78, 5) is 20.9. The van der Waals surface area contributed by atoms with Crippen LogP contribution in [0.25, 0.3) is 11.5 Å². The number of hydrogen-bond donors (Lipinski definition) is 1. The predicted molar refractivity (Wildman–Crippen MR) is 114 cm³/mol. The number of nitrogens with zero attached hydrogens (tertiary/aromatic N) is 5. The molecule has 0 aliphatic heterocycles. The molecule has 0 radical (unpaired) electrons. The summed E-state index contributed by atoms with van der Waals surface area (Å²) in [6.07, 6.45) is 6.41. The number of rotatable bonds is 7. The number of thioether (sulfide) groups is 1. The fourth-order valence-corrected chi connectivity index (χ4v) is 3.66. The first kappa shape index (κ1) is 20.1. The SMILES string of the molecule is Cc1ccc(Cl)cc1NC(=O)CSc1nnc(-c2cnccn2)n1Cc1ccco1. The third-order valence-corrected chi connectivity index (χ3v) is 5.41. The molecule has 0 spiro atoms. The summed E-state index contributed by atoms with van der Waals surface area (Å²) in [6.45, 7) is 2.31. The molecule has 8 nitrogen and oxygen atoms in total. The number of hydrogen-bond acceptors (Lipinski definition) is 7. The molecule has 3 heterocycles. The van der Waals surface area contributed by atoms with Crippen LogP contribution in [-0.2, 0) is 11.3 Å². The van der Waals surface area contributed by atoms with Crippen LogP contribution in [0.4, 0.5) is 5.69 Å². The topological polar surface area (TPSA) is 98.7 Å². The number of furan rings is 1. The molecule has 0 bridgehead atoms. The van der Waals surface area contributed by atoms with Crippen LogP contribution in [-0.4, -0.2) is 36.4 Å². The van der Waals surface area contributed by atoms with Crippen molar-refractivity contribution in [3.63, 3.8) is 0 Å². The fourth-order valence-electron chi connectivity index (χ4n) is 2.75. The minimum atomic E-state index is -0.168. The number of carbonyl (C=O) groups excluding carboxylic acids is 1. The Bertz CT molecular complexity index is 1150. The van der Waals surface area contributed by atoms with Gasteiger partial charge in [0, 0.05) is 23.1 Å². The molecule has 152 valence electrons. The van der Waals surface area contributed by atoms with E-state index in [1.54, 1.807) is 37.0 Å². The zero-order valence-electron chi connectivity index (χ0n) is 15.9. The van der Waals surface area contributed by atoms with Crippen LogP contribution >= 0.6 is 23.4 Å². The molecule has 4 aromatic rings. The van der Waals surface area contributed by atoms with Gasteiger partial charge in [-0.25, -0.2) is 4.98 Å². The summed E-state index contributed by atoms with van der Waals surface area (Å²) >= 11 is 7.30. The molecular formula is C20H17ClN6O2S. The van der Waals surface area contributed by atoms with Crippen molar-refractivity contribution < 1.29 is 9.21 Å². The largest absolute Gasteiger partial charge is 0.467 e. The molecule has 1 amide bonds. The highest BCUT2D eigenvalue weighted by molar-refractivity contribution is 7.99. The highest BCUT2D eigenvalue weighted by Crippen LogP contribution is 2.25. The minimum Gasteiger partial charge on any atom is -0.467 e. The average Bonchev–Trinajstić information content (AvgIpc) is 3.40. The van der Waals surface area contributed by atoms with Crippen LogP contribution in [0.5, 0.6) is 0 Å². The number of nitrogens with one attached hydrogen (secondary N) is 1. The van der Waals surface area contributed by atoms with E-state index in [4.69, 9.17) is 16.0 Å². The van der Waals surface area contributed by atoms with Gasteiger partial charge in [-0.05, 0) is 36.8 Å². The lowest BCUT2D eigenvalue weighted by Gasteiger charge is -2.10. The maximum atomic E-state index is 12.5. The third kappa shape index (κ3) is 4.69. The van der Waals surface area contributed by atoms with Crippen molar-refractivity contribution in [3.05, 3.63) is 71.5 Å². The first-order valence-electron chi connectivity index (χ1n) is 9.01. The predicted octanol–water partition coefficient (Wildman–Crippen LogP) is 4.07. The Balaban J connectivity index is 1.52. The summed E-state index contributed by atoms with van der Waals surface area (Å²) in [6, 6.07) is 9.05. The van der Waals surface area contributed by atoms with Crippen molar-refractivity contribution in [2.75, 3.05) is 11.1 Å². The van der Waals surface area contributed by atoms with Crippen LogP contribution in [0.3, 0.4) is 0 Å². The van der Waals surface area contributed by atoms with E-state index in [-0.39, 0.29) is 11.7 Å². The molecule has 3 aromatic heterocycles. The van der Waals surface area contributed by atoms with E-state index in [0.717, 1.165) is 11.3 Å². The maximum absolute atomic E-state index is 12.5. The highest BCUT2D eigenvalue weighted by atomic mass is 35.5. The molecule has 4 rings (SSSR count). The van der Waals surface area contributed by atoms with Gasteiger partial charge >= 0.3 is 0 Å². The molecule has 0 fully saturated rings. The molecule has 0 aliphatic rings. The van der Waals surface area contributed by atoms with Crippen LogP contribution in [0, 0.1) is 6.92 Å². The number of halogens is 1. The standard InChI is InChI=1S/C20H17ClN6O2S/c1-13-4-5-14(21)9-16(13)24-18(28)12-30-20-26-25-19(17-10-22-6-7-23-17)27(20)11-15-3-2-8-29-15/h2-10H,11-12H2,1H3,(H,24,28). The van der Waals surface area contributed by atoms with Gasteiger partial charge in [0.05, 0.1) is 24.8 Å². The van der Waals surface area contributed by atoms with Crippen molar-refractivity contribution in [1.29, 1.82) is 0 Å². The molecule has 10 heteroatoms. The van der Waals surface area contributed by atoms with Gasteiger partial charge in [0.15, 0.2) is 11.0 Å². The van der Waals surface area contributed by atoms with Crippen LogP contribution in [0.15, 0.2) is 64.8 Å². The third-order valence-electron chi connectivity index (χ3n) is 4.21. The second-order valence-corrected chi connectivity index (χ2v) is 7.74. The summed E-state index contributed by atoms with van der Waals surface area (Å²) in [7, 11) is 0. The Morgan fingerprint density at radius 1 is 1.27 bits per heavy atom. The second-order valence-electron chi connectivity index (χ2n) is 6.36. The van der Waals surface area contributed by atoms with Crippen molar-refractivity contribution in [2.24, 2.45) is 0 Å². The lowest BCUT2D eigenvalue weighted by Crippen LogP contribution is -2.15. The Morgan fingerprint density at radius 3 is 2.93 bits per heavy atom. The second kappa shape index (κ2) is 9.10. The fraction of sp³-hybridized carbons (Fsp3) is 0.150. The van der Waals surface area contributed by atoms with Crippen LogP contribution in [0.1, 0.15) is 11.3 Å². The van der Waals surface area contributed by atoms with Crippen molar-refractivity contribution in [2.45, 2.75) is 18.6 Å². The lowest BCUT2D eigenvalue weighted by atomic mass is 10.2. The molecule has 30 heavy (non-hydrogen) atoms. The molecule has 1 aromatic carbocycles. The molecule has 0 saturated carbocycles. The highest BCUT2D eigenvalue weighted by Gasteiger charge is 2.18. The van der Waals surface area contributed by atoms with E-state index in [1.807, 2.05) is 29.7 Å². The maximum Gasteiger partial charge on any atom is 0.234 e. The summed E-state index contributed by atoms with van der Waals surface area (Å²) in [5.41, 5.74) is 2.21. The van der Waals surface area contributed by atoms with E-state index in [2.05, 4.69) is 25.5 Å². The Kier molecular flexibility index (Phi) is 6.10. The summed E-state index contributed by atoms with van der Waals surface area (Å²) in [5, 5.41) is 12.5. The normalized spacial score (nSPS) is 10.9. The Hall–Kier alpha value is -3.17. The molecule has 0 aliphatic carbocycles. The first-order valence-corrected chi connectivity index (χ1v) is 10.4. The number of amides is 1. The van der Waals surface area contributed by atoms with Gasteiger partial charge in [-0.1, -0.05) is 29.4 Å². The van der Waals surface area contributed by atoms with Gasteiger partial charge in [0.2, 0.25) is 5.91 Å². The smallest absolute Gasteiger partial charge is 0.234 e. The summed E-state index contributed by atoms with van der Waals surface area (Å²) in [5.74, 6) is 1.27.